The van der Waals surface area contributed by atoms with Crippen LogP contribution in [-0.2, 0) is 0 Å². The molecule has 130 valence electrons. The Bertz CT molecular complexity index is 866. The molecule has 0 bridgehead atoms. The van der Waals surface area contributed by atoms with Gasteiger partial charge in [0.15, 0.2) is 17.3 Å². The lowest BCUT2D eigenvalue weighted by Crippen LogP contribution is -2.14. The number of ether oxygens (including phenoxy) is 2. The summed E-state index contributed by atoms with van der Waals surface area (Å²) >= 11 is 6.02. The van der Waals surface area contributed by atoms with Crippen LogP contribution in [0.5, 0.6) is 11.5 Å². The van der Waals surface area contributed by atoms with Gasteiger partial charge in [0, 0.05) is 10.6 Å². The van der Waals surface area contributed by atoms with E-state index in [1.165, 1.54) is 0 Å². The first kappa shape index (κ1) is 17.3. The molecule has 0 fully saturated rings. The Kier molecular flexibility index (Phi) is 5.21. The third kappa shape index (κ3) is 3.75. The van der Waals surface area contributed by atoms with Crippen molar-refractivity contribution >= 4 is 11.6 Å². The molecule has 0 aliphatic heterocycles. The second-order valence-corrected chi connectivity index (χ2v) is 5.81. The summed E-state index contributed by atoms with van der Waals surface area (Å²) in [5.41, 5.74) is 8.00. The highest BCUT2D eigenvalue weighted by molar-refractivity contribution is 6.30. The highest BCUT2D eigenvalue weighted by Gasteiger charge is 2.17. The van der Waals surface area contributed by atoms with Crippen molar-refractivity contribution in [2.24, 2.45) is 5.73 Å². The molecular formula is C18H19ClN4O2. The number of halogens is 1. The number of nitrogens with two attached hydrogens (primary N) is 1. The molecule has 1 aromatic heterocycles. The number of nitrogens with one attached hydrogen (secondary N) is 1. The van der Waals surface area contributed by atoms with Crippen LogP contribution in [0.1, 0.15) is 24.4 Å². The van der Waals surface area contributed by atoms with E-state index >= 15 is 0 Å². The maximum absolute atomic E-state index is 6.33. The van der Waals surface area contributed by atoms with Gasteiger partial charge in [-0.15, -0.1) is 0 Å². The lowest BCUT2D eigenvalue weighted by molar-refractivity contribution is 0.310. The van der Waals surface area contributed by atoms with Crippen LogP contribution in [0.25, 0.3) is 11.4 Å². The molecule has 0 aliphatic carbocycles. The summed E-state index contributed by atoms with van der Waals surface area (Å²) in [4.78, 5) is 4.49. The SMILES string of the molecule is CCOc1ccc([C@H](N)c2nc(-c3cccc(Cl)c3)n[nH]2)cc1OC. The second-order valence-electron chi connectivity index (χ2n) is 5.38. The molecule has 3 N–H and O–H groups in total. The number of aromatic amines is 1. The zero-order valence-electron chi connectivity index (χ0n) is 14.0. The molecule has 3 aromatic rings. The van der Waals surface area contributed by atoms with Crippen molar-refractivity contribution in [2.45, 2.75) is 13.0 Å². The Labute approximate surface area is 150 Å². The molecular weight excluding hydrogens is 340 g/mol. The topological polar surface area (TPSA) is 86.0 Å². The van der Waals surface area contributed by atoms with Crippen LogP contribution in [0, 0.1) is 0 Å². The third-order valence-electron chi connectivity index (χ3n) is 3.73. The summed E-state index contributed by atoms with van der Waals surface area (Å²) in [7, 11) is 1.60. The quantitative estimate of drug-likeness (QED) is 0.703. The van der Waals surface area contributed by atoms with Crippen LogP contribution < -0.4 is 15.2 Å². The van der Waals surface area contributed by atoms with Crippen LogP contribution in [0.4, 0.5) is 0 Å². The Morgan fingerprint density at radius 3 is 2.76 bits per heavy atom. The summed E-state index contributed by atoms with van der Waals surface area (Å²) < 4.78 is 10.9. The Morgan fingerprint density at radius 2 is 2.04 bits per heavy atom. The van der Waals surface area contributed by atoms with Gasteiger partial charge in [0.1, 0.15) is 5.82 Å². The summed E-state index contributed by atoms with van der Waals surface area (Å²) in [6, 6.07) is 12.5. The van der Waals surface area contributed by atoms with E-state index in [2.05, 4.69) is 15.2 Å². The molecule has 0 unspecified atom stereocenters. The molecule has 1 atom stereocenters. The Balaban J connectivity index is 1.87. The van der Waals surface area contributed by atoms with Crippen molar-refractivity contribution in [3.05, 3.63) is 58.9 Å². The maximum atomic E-state index is 6.33. The van der Waals surface area contributed by atoms with E-state index in [4.69, 9.17) is 26.8 Å². The highest BCUT2D eigenvalue weighted by atomic mass is 35.5. The molecule has 3 rings (SSSR count). The van der Waals surface area contributed by atoms with Gasteiger partial charge in [-0.1, -0.05) is 29.8 Å². The standard InChI is InChI=1S/C18H19ClN4O2/c1-3-25-14-8-7-11(10-15(14)24-2)16(20)18-21-17(22-23-18)12-5-4-6-13(19)9-12/h4-10,16H,3,20H2,1-2H3,(H,21,22,23)/t16-/m0/s1. The van der Waals surface area contributed by atoms with Gasteiger partial charge in [0.2, 0.25) is 0 Å². The van der Waals surface area contributed by atoms with E-state index in [-0.39, 0.29) is 0 Å². The molecule has 1 heterocycles. The minimum Gasteiger partial charge on any atom is -0.493 e. The smallest absolute Gasteiger partial charge is 0.181 e. The zero-order chi connectivity index (χ0) is 17.8. The van der Waals surface area contributed by atoms with Crippen LogP contribution in [0.15, 0.2) is 42.5 Å². The van der Waals surface area contributed by atoms with Gasteiger partial charge in [-0.2, -0.15) is 5.10 Å². The number of hydrogen-bond acceptors (Lipinski definition) is 5. The largest absolute Gasteiger partial charge is 0.493 e. The monoisotopic (exact) mass is 358 g/mol. The van der Waals surface area contributed by atoms with Crippen molar-refractivity contribution in [1.29, 1.82) is 0 Å². The third-order valence-corrected chi connectivity index (χ3v) is 3.96. The second kappa shape index (κ2) is 7.55. The first-order valence-electron chi connectivity index (χ1n) is 7.87. The van der Waals surface area contributed by atoms with Gasteiger partial charge in [0.05, 0.1) is 19.8 Å². The van der Waals surface area contributed by atoms with E-state index in [0.29, 0.717) is 34.8 Å². The Morgan fingerprint density at radius 1 is 1.20 bits per heavy atom. The first-order chi connectivity index (χ1) is 12.1. The average molecular weight is 359 g/mol. The van der Waals surface area contributed by atoms with Gasteiger partial charge in [-0.3, -0.25) is 5.10 Å². The van der Waals surface area contributed by atoms with E-state index in [1.807, 2.05) is 37.3 Å². The lowest BCUT2D eigenvalue weighted by atomic mass is 10.1. The number of benzene rings is 2. The van der Waals surface area contributed by atoms with Crippen LogP contribution in [0.3, 0.4) is 0 Å². The van der Waals surface area contributed by atoms with Gasteiger partial charge < -0.3 is 15.2 Å². The molecule has 7 heteroatoms. The molecule has 0 aliphatic rings. The lowest BCUT2D eigenvalue weighted by Gasteiger charge is -2.13. The number of nitrogens with zero attached hydrogens (tertiary/aromatic N) is 2. The molecule has 2 aromatic carbocycles. The average Bonchev–Trinajstić information content (AvgIpc) is 3.12. The van der Waals surface area contributed by atoms with Crippen LogP contribution in [-0.4, -0.2) is 28.9 Å². The Hall–Kier alpha value is -2.57. The van der Waals surface area contributed by atoms with Crippen molar-refractivity contribution in [1.82, 2.24) is 15.2 Å². The number of methoxy groups -OCH3 is 1. The van der Waals surface area contributed by atoms with Gasteiger partial charge in [-0.05, 0) is 36.8 Å². The minimum absolute atomic E-state index is 0.468. The predicted molar refractivity (Wildman–Crippen MR) is 97.0 cm³/mol. The van der Waals surface area contributed by atoms with E-state index in [1.54, 1.807) is 19.2 Å². The normalized spacial score (nSPS) is 12.0. The maximum Gasteiger partial charge on any atom is 0.181 e. The molecule has 6 nitrogen and oxygen atoms in total. The summed E-state index contributed by atoms with van der Waals surface area (Å²) in [6.07, 6.45) is 0. The number of aromatic nitrogens is 3. The van der Waals surface area contributed by atoms with E-state index in [9.17, 15) is 0 Å². The molecule has 0 radical (unpaired) electrons. The van der Waals surface area contributed by atoms with Crippen molar-refractivity contribution in [3.63, 3.8) is 0 Å². The number of rotatable bonds is 6. The minimum atomic E-state index is -0.468. The summed E-state index contributed by atoms with van der Waals surface area (Å²) in [5, 5.41) is 7.76. The zero-order valence-corrected chi connectivity index (χ0v) is 14.7. The van der Waals surface area contributed by atoms with Crippen LogP contribution in [0.2, 0.25) is 5.02 Å². The van der Waals surface area contributed by atoms with Crippen molar-refractivity contribution in [3.8, 4) is 22.9 Å². The fourth-order valence-electron chi connectivity index (χ4n) is 2.48. The van der Waals surface area contributed by atoms with Gasteiger partial charge in [-0.25, -0.2) is 4.98 Å². The molecule has 0 spiro atoms. The van der Waals surface area contributed by atoms with E-state index < -0.39 is 6.04 Å². The van der Waals surface area contributed by atoms with Gasteiger partial charge >= 0.3 is 0 Å². The highest BCUT2D eigenvalue weighted by Crippen LogP contribution is 2.31. The summed E-state index contributed by atoms with van der Waals surface area (Å²) in [5.74, 6) is 2.41. The summed E-state index contributed by atoms with van der Waals surface area (Å²) in [6.45, 7) is 2.48. The van der Waals surface area contributed by atoms with Crippen LogP contribution >= 0.6 is 11.6 Å². The van der Waals surface area contributed by atoms with Crippen molar-refractivity contribution < 1.29 is 9.47 Å². The molecule has 0 amide bonds. The molecule has 0 saturated carbocycles. The van der Waals surface area contributed by atoms with Gasteiger partial charge in [0.25, 0.3) is 0 Å². The number of hydrogen-bond donors (Lipinski definition) is 2. The van der Waals surface area contributed by atoms with E-state index in [0.717, 1.165) is 11.1 Å². The first-order valence-corrected chi connectivity index (χ1v) is 8.24. The molecule has 25 heavy (non-hydrogen) atoms. The fourth-order valence-corrected chi connectivity index (χ4v) is 2.67. The predicted octanol–water partition coefficient (Wildman–Crippen LogP) is 3.58. The number of H-pyrrole nitrogens is 1. The fraction of sp³-hybridized carbons (Fsp3) is 0.222. The van der Waals surface area contributed by atoms with Crippen molar-refractivity contribution in [2.75, 3.05) is 13.7 Å². The molecule has 0 saturated heterocycles.